The van der Waals surface area contributed by atoms with E-state index in [0.717, 1.165) is 43.9 Å². The molecule has 1 saturated heterocycles. The molecule has 0 bridgehead atoms. The minimum absolute atomic E-state index is 0.130. The van der Waals surface area contributed by atoms with E-state index in [2.05, 4.69) is 30.4 Å². The van der Waals surface area contributed by atoms with E-state index < -0.39 is 0 Å². The molecule has 2 aromatic carbocycles. The second-order valence-corrected chi connectivity index (χ2v) is 9.87. The zero-order chi connectivity index (χ0) is 27.1. The van der Waals surface area contributed by atoms with Gasteiger partial charge in [-0.05, 0) is 51.2 Å². The minimum Gasteiger partial charge on any atom is -0.494 e. The largest absolute Gasteiger partial charge is 0.494 e. The molecule has 1 aliphatic heterocycles. The van der Waals surface area contributed by atoms with Crippen molar-refractivity contribution in [3.63, 3.8) is 0 Å². The third-order valence-electron chi connectivity index (χ3n) is 6.23. The summed E-state index contributed by atoms with van der Waals surface area (Å²) >= 11 is 6.46. The van der Waals surface area contributed by atoms with E-state index in [1.807, 2.05) is 45.4 Å². The molecule has 4 N–H and O–H groups in total. The molecule has 1 fully saturated rings. The zero-order valence-electron chi connectivity index (χ0n) is 22.3. The Hall–Kier alpha value is -3.47. The zero-order valence-corrected chi connectivity index (χ0v) is 23.1. The quantitative estimate of drug-likeness (QED) is 0.277. The summed E-state index contributed by atoms with van der Waals surface area (Å²) in [5, 5.41) is 7.06. The van der Waals surface area contributed by atoms with Gasteiger partial charge in [0.25, 0.3) is 0 Å². The molecule has 1 aromatic heterocycles. The van der Waals surface area contributed by atoms with Crippen LogP contribution in [0.5, 0.6) is 11.5 Å². The summed E-state index contributed by atoms with van der Waals surface area (Å²) in [6, 6.07) is 11.1. The van der Waals surface area contributed by atoms with Gasteiger partial charge in [0.1, 0.15) is 36.1 Å². The summed E-state index contributed by atoms with van der Waals surface area (Å²) in [5.74, 6) is 2.46. The number of nitrogen functional groups attached to an aromatic ring is 1. The minimum atomic E-state index is 0.130. The maximum absolute atomic E-state index is 6.46. The summed E-state index contributed by atoms with van der Waals surface area (Å²) < 4.78 is 17.1. The predicted octanol–water partition coefficient (Wildman–Crippen LogP) is 4.76. The van der Waals surface area contributed by atoms with Gasteiger partial charge in [0.05, 0.1) is 35.3 Å². The molecule has 10 nitrogen and oxygen atoms in total. The highest BCUT2D eigenvalue weighted by molar-refractivity contribution is 6.32. The molecule has 204 valence electrons. The first-order valence-corrected chi connectivity index (χ1v) is 12.9. The Kier molecular flexibility index (Phi) is 9.33. The first kappa shape index (κ1) is 27.6. The summed E-state index contributed by atoms with van der Waals surface area (Å²) in [7, 11) is 7.73. The molecule has 0 spiro atoms. The summed E-state index contributed by atoms with van der Waals surface area (Å²) in [6.45, 7) is 3.03. The number of benzene rings is 2. The number of nitrogens with zero attached hydrogens (tertiary/aromatic N) is 4. The van der Waals surface area contributed by atoms with Crippen LogP contribution in [0.4, 0.5) is 34.4 Å². The standard InChI is InChI=1S/C27H36ClN7O3/c1-34(2)9-10-35(3)23-14-25(36-4)22(13-21(23)29)33-27-15-26(30-17-31-27)32-18-7-8-24(20(28)12-18)38-16-19-6-5-11-37-19/h7-8,12-15,17,19H,5-6,9-11,16,29H2,1-4H3,(H2,30,31,32,33). The molecule has 0 saturated carbocycles. The fraction of sp³-hybridized carbons (Fsp3) is 0.407. The van der Waals surface area contributed by atoms with Crippen molar-refractivity contribution in [1.82, 2.24) is 14.9 Å². The number of nitrogens with two attached hydrogens (primary N) is 1. The molecule has 1 atom stereocenters. The number of anilines is 6. The van der Waals surface area contributed by atoms with E-state index in [-0.39, 0.29) is 6.10 Å². The van der Waals surface area contributed by atoms with Crippen molar-refractivity contribution in [2.75, 3.05) is 75.8 Å². The number of hydrogen-bond acceptors (Lipinski definition) is 10. The van der Waals surface area contributed by atoms with E-state index in [1.165, 1.54) is 6.33 Å². The highest BCUT2D eigenvalue weighted by Gasteiger charge is 2.17. The number of nitrogens with one attached hydrogen (secondary N) is 2. The van der Waals surface area contributed by atoms with E-state index >= 15 is 0 Å². The Morgan fingerprint density at radius 3 is 2.53 bits per heavy atom. The van der Waals surface area contributed by atoms with Crippen LogP contribution in [-0.2, 0) is 4.74 Å². The van der Waals surface area contributed by atoms with Crippen molar-refractivity contribution < 1.29 is 14.2 Å². The molecule has 2 heterocycles. The van der Waals surface area contributed by atoms with E-state index in [1.54, 1.807) is 19.2 Å². The number of aromatic nitrogens is 2. The summed E-state index contributed by atoms with van der Waals surface area (Å²) in [5.41, 5.74) is 9.41. The maximum Gasteiger partial charge on any atom is 0.144 e. The monoisotopic (exact) mass is 541 g/mol. The van der Waals surface area contributed by atoms with Gasteiger partial charge in [0, 0.05) is 44.6 Å². The van der Waals surface area contributed by atoms with Crippen molar-refractivity contribution in [3.8, 4) is 11.5 Å². The Bertz CT molecular complexity index is 1220. The first-order valence-electron chi connectivity index (χ1n) is 12.6. The molecule has 4 rings (SSSR count). The number of ether oxygens (including phenoxy) is 3. The van der Waals surface area contributed by atoms with Gasteiger partial charge in [-0.2, -0.15) is 0 Å². The van der Waals surface area contributed by atoms with Gasteiger partial charge in [-0.3, -0.25) is 0 Å². The molecular weight excluding hydrogens is 506 g/mol. The topological polar surface area (TPSA) is 110 Å². The van der Waals surface area contributed by atoms with Gasteiger partial charge in [-0.25, -0.2) is 9.97 Å². The first-order chi connectivity index (χ1) is 18.3. The average molecular weight is 542 g/mol. The lowest BCUT2D eigenvalue weighted by Crippen LogP contribution is -2.29. The van der Waals surface area contributed by atoms with Crippen molar-refractivity contribution in [3.05, 3.63) is 47.7 Å². The highest BCUT2D eigenvalue weighted by atomic mass is 35.5. The Morgan fingerprint density at radius 1 is 1.05 bits per heavy atom. The molecule has 1 aliphatic rings. The van der Waals surface area contributed by atoms with Crippen molar-refractivity contribution >= 4 is 46.0 Å². The average Bonchev–Trinajstić information content (AvgIpc) is 3.41. The summed E-state index contributed by atoms with van der Waals surface area (Å²) in [4.78, 5) is 12.9. The van der Waals surface area contributed by atoms with Gasteiger partial charge in [0.2, 0.25) is 0 Å². The number of hydrogen-bond donors (Lipinski definition) is 3. The second kappa shape index (κ2) is 12.9. The molecule has 0 amide bonds. The maximum atomic E-state index is 6.46. The number of rotatable bonds is 12. The molecule has 38 heavy (non-hydrogen) atoms. The van der Waals surface area contributed by atoms with Gasteiger partial charge < -0.3 is 40.4 Å². The van der Waals surface area contributed by atoms with Crippen LogP contribution in [0.2, 0.25) is 5.02 Å². The molecule has 0 radical (unpaired) electrons. The fourth-order valence-electron chi connectivity index (χ4n) is 4.09. The van der Waals surface area contributed by atoms with Crippen LogP contribution in [0, 0.1) is 0 Å². The van der Waals surface area contributed by atoms with Crippen molar-refractivity contribution in [1.29, 1.82) is 0 Å². The Labute approximate surface area is 229 Å². The van der Waals surface area contributed by atoms with Crippen molar-refractivity contribution in [2.45, 2.75) is 18.9 Å². The van der Waals surface area contributed by atoms with Crippen LogP contribution in [0.1, 0.15) is 12.8 Å². The third kappa shape index (κ3) is 7.31. The van der Waals surface area contributed by atoms with Crippen LogP contribution in [0.15, 0.2) is 42.7 Å². The third-order valence-corrected chi connectivity index (χ3v) is 6.52. The van der Waals surface area contributed by atoms with Crippen molar-refractivity contribution in [2.24, 2.45) is 0 Å². The summed E-state index contributed by atoms with van der Waals surface area (Å²) in [6.07, 6.45) is 3.69. The second-order valence-electron chi connectivity index (χ2n) is 9.47. The van der Waals surface area contributed by atoms with Gasteiger partial charge in [0.15, 0.2) is 0 Å². The van der Waals surface area contributed by atoms with Gasteiger partial charge in [-0.1, -0.05) is 11.6 Å². The molecule has 0 aliphatic carbocycles. The van der Waals surface area contributed by atoms with Crippen LogP contribution in [0.25, 0.3) is 0 Å². The SMILES string of the molecule is COc1cc(N(C)CCN(C)C)c(N)cc1Nc1cc(Nc2ccc(OCC3CCCO3)c(Cl)c2)ncn1. The molecule has 11 heteroatoms. The number of likely N-dealkylation sites (N-methyl/N-ethyl adjacent to an activating group) is 2. The van der Waals surface area contributed by atoms with E-state index in [9.17, 15) is 0 Å². The molecular formula is C27H36ClN7O3. The lowest BCUT2D eigenvalue weighted by atomic mass is 10.2. The Balaban J connectivity index is 1.43. The normalized spacial score (nSPS) is 14.9. The predicted molar refractivity (Wildman–Crippen MR) is 154 cm³/mol. The lowest BCUT2D eigenvalue weighted by Gasteiger charge is -2.24. The molecule has 1 unspecified atom stereocenters. The Morgan fingerprint density at radius 2 is 1.84 bits per heavy atom. The van der Waals surface area contributed by atoms with Crippen LogP contribution in [0.3, 0.4) is 0 Å². The van der Waals surface area contributed by atoms with Gasteiger partial charge in [-0.15, -0.1) is 0 Å². The number of halogens is 1. The fourth-order valence-corrected chi connectivity index (χ4v) is 4.32. The number of methoxy groups -OCH3 is 1. The van der Waals surface area contributed by atoms with E-state index in [4.69, 9.17) is 31.5 Å². The highest BCUT2D eigenvalue weighted by Crippen LogP contribution is 2.36. The van der Waals surface area contributed by atoms with Crippen LogP contribution >= 0.6 is 11.6 Å². The van der Waals surface area contributed by atoms with E-state index in [0.29, 0.717) is 46.1 Å². The van der Waals surface area contributed by atoms with Crippen LogP contribution in [-0.4, -0.2) is 75.5 Å². The van der Waals surface area contributed by atoms with Crippen LogP contribution < -0.4 is 30.7 Å². The lowest BCUT2D eigenvalue weighted by molar-refractivity contribution is 0.0680. The smallest absolute Gasteiger partial charge is 0.144 e. The van der Waals surface area contributed by atoms with Gasteiger partial charge >= 0.3 is 0 Å². The molecule has 3 aromatic rings.